The van der Waals surface area contributed by atoms with Crippen molar-refractivity contribution in [1.82, 2.24) is 10.9 Å². The summed E-state index contributed by atoms with van der Waals surface area (Å²) in [6.07, 6.45) is 2.25. The van der Waals surface area contributed by atoms with Gasteiger partial charge in [0.2, 0.25) is 5.91 Å². The number of hydrazine groups is 1. The van der Waals surface area contributed by atoms with Crippen molar-refractivity contribution < 1.29 is 19.1 Å². The monoisotopic (exact) mass is 475 g/mol. The van der Waals surface area contributed by atoms with Crippen LogP contribution in [-0.4, -0.2) is 23.8 Å². The van der Waals surface area contributed by atoms with Gasteiger partial charge in [0.25, 0.3) is 11.8 Å². The van der Waals surface area contributed by atoms with Gasteiger partial charge >= 0.3 is 0 Å². The number of amides is 3. The number of benzene rings is 2. The van der Waals surface area contributed by atoms with Crippen LogP contribution < -0.4 is 20.9 Å². The van der Waals surface area contributed by atoms with Crippen LogP contribution in [-0.2, 0) is 4.79 Å². The molecule has 0 heterocycles. The first-order valence-electron chi connectivity index (χ1n) is 9.77. The molecule has 0 unspecified atom stereocenters. The molecule has 2 aromatic carbocycles. The molecule has 8 heteroatoms. The summed E-state index contributed by atoms with van der Waals surface area (Å²) in [6, 6.07) is 11.4. The molecule has 2 rings (SSSR count). The molecule has 0 atom stereocenters. The summed E-state index contributed by atoms with van der Waals surface area (Å²) in [5, 5.41) is 2.78. The normalized spacial score (nSPS) is 10.4. The zero-order valence-electron chi connectivity index (χ0n) is 17.3. The predicted octanol–water partition coefficient (Wildman–Crippen LogP) is 4.44. The molecule has 0 saturated carbocycles. The highest BCUT2D eigenvalue weighted by molar-refractivity contribution is 9.10. The molecule has 0 fully saturated rings. The van der Waals surface area contributed by atoms with Crippen LogP contribution >= 0.6 is 15.9 Å². The van der Waals surface area contributed by atoms with Gasteiger partial charge in [-0.05, 0) is 78.7 Å². The van der Waals surface area contributed by atoms with Gasteiger partial charge in [0.15, 0.2) is 0 Å². The van der Waals surface area contributed by atoms with Crippen molar-refractivity contribution in [1.29, 1.82) is 0 Å². The Hall–Kier alpha value is -2.87. The highest BCUT2D eigenvalue weighted by atomic mass is 79.9. The fourth-order valence-electron chi connectivity index (χ4n) is 2.52. The first-order valence-corrected chi connectivity index (χ1v) is 10.6. The number of unbranched alkanes of at least 4 members (excludes halogenated alkanes) is 1. The highest BCUT2D eigenvalue weighted by Crippen LogP contribution is 2.26. The second-order valence-electron chi connectivity index (χ2n) is 6.95. The first kappa shape index (κ1) is 23.4. The zero-order chi connectivity index (χ0) is 22.1. The van der Waals surface area contributed by atoms with Crippen molar-refractivity contribution in [3.63, 3.8) is 0 Å². The summed E-state index contributed by atoms with van der Waals surface area (Å²) in [6.45, 7) is 5.85. The smallest absolute Gasteiger partial charge is 0.269 e. The van der Waals surface area contributed by atoms with Crippen LogP contribution in [0.3, 0.4) is 0 Å². The Kier molecular flexibility index (Phi) is 8.86. The number of hydrogen-bond donors (Lipinski definition) is 3. The average Bonchev–Trinajstić information content (AvgIpc) is 2.72. The summed E-state index contributed by atoms with van der Waals surface area (Å²) in [7, 11) is 0. The van der Waals surface area contributed by atoms with E-state index in [4.69, 9.17) is 4.74 Å². The quantitative estimate of drug-likeness (QED) is 0.491. The molecule has 0 aliphatic carbocycles. The Labute approximate surface area is 184 Å². The van der Waals surface area contributed by atoms with Crippen LogP contribution in [0.5, 0.6) is 5.75 Å². The molecule has 0 aromatic heterocycles. The largest absolute Gasteiger partial charge is 0.490 e. The number of carbonyl (C=O) groups is 3. The van der Waals surface area contributed by atoms with E-state index in [0.29, 0.717) is 33.5 Å². The fraction of sp³-hybridized carbons (Fsp3) is 0.318. The molecule has 0 radical (unpaired) electrons. The lowest BCUT2D eigenvalue weighted by molar-refractivity contribution is -0.116. The molecule has 160 valence electrons. The summed E-state index contributed by atoms with van der Waals surface area (Å²) in [4.78, 5) is 36.3. The fourth-order valence-corrected chi connectivity index (χ4v) is 2.99. The van der Waals surface area contributed by atoms with Crippen LogP contribution in [0.2, 0.25) is 0 Å². The standard InChI is InChI=1S/C22H26BrN3O4/c1-4-5-6-20(27)24-17-10-7-15(8-11-17)21(28)25-26-22(29)16-9-12-19(18(23)13-16)30-14(2)3/h7-14H,4-6H2,1-3H3,(H,24,27)(H,25,28)(H,26,29). The van der Waals surface area contributed by atoms with Gasteiger partial charge in [0.1, 0.15) is 5.75 Å². The topological polar surface area (TPSA) is 96.5 Å². The van der Waals surface area contributed by atoms with E-state index in [-0.39, 0.29) is 12.0 Å². The SMILES string of the molecule is CCCCC(=O)Nc1ccc(C(=O)NNC(=O)c2ccc(OC(C)C)c(Br)c2)cc1. The minimum Gasteiger partial charge on any atom is -0.490 e. The van der Waals surface area contributed by atoms with E-state index in [9.17, 15) is 14.4 Å². The minimum atomic E-state index is -0.467. The maximum Gasteiger partial charge on any atom is 0.269 e. The Morgan fingerprint density at radius 2 is 1.57 bits per heavy atom. The van der Waals surface area contributed by atoms with Crippen LogP contribution in [0, 0.1) is 0 Å². The third-order valence-corrected chi connectivity index (χ3v) is 4.65. The van der Waals surface area contributed by atoms with E-state index in [1.165, 1.54) is 0 Å². The van der Waals surface area contributed by atoms with Crippen LogP contribution in [0.4, 0.5) is 5.69 Å². The number of anilines is 1. The Morgan fingerprint density at radius 1 is 0.967 bits per heavy atom. The van der Waals surface area contributed by atoms with E-state index < -0.39 is 11.8 Å². The summed E-state index contributed by atoms with van der Waals surface area (Å²) in [5.74, 6) is -0.351. The third kappa shape index (κ3) is 7.18. The number of rotatable bonds is 8. The summed E-state index contributed by atoms with van der Waals surface area (Å²) >= 11 is 3.38. The Balaban J connectivity index is 1.89. The Bertz CT molecular complexity index is 898. The lowest BCUT2D eigenvalue weighted by Crippen LogP contribution is -2.41. The molecule has 0 aliphatic heterocycles. The molecular formula is C22H26BrN3O4. The molecule has 3 N–H and O–H groups in total. The van der Waals surface area contributed by atoms with Crippen LogP contribution in [0.25, 0.3) is 0 Å². The van der Waals surface area contributed by atoms with Gasteiger partial charge in [0, 0.05) is 23.2 Å². The van der Waals surface area contributed by atoms with Crippen molar-refractivity contribution in [3.8, 4) is 5.75 Å². The molecule has 0 aliphatic rings. The van der Waals surface area contributed by atoms with Gasteiger partial charge in [0.05, 0.1) is 10.6 Å². The van der Waals surface area contributed by atoms with Crippen molar-refractivity contribution in [3.05, 3.63) is 58.1 Å². The van der Waals surface area contributed by atoms with E-state index in [1.807, 2.05) is 20.8 Å². The second kappa shape index (κ2) is 11.3. The third-order valence-electron chi connectivity index (χ3n) is 4.03. The van der Waals surface area contributed by atoms with Crippen molar-refractivity contribution in [2.75, 3.05) is 5.32 Å². The van der Waals surface area contributed by atoms with Gasteiger partial charge < -0.3 is 10.1 Å². The van der Waals surface area contributed by atoms with Gasteiger partial charge in [-0.1, -0.05) is 13.3 Å². The maximum absolute atomic E-state index is 12.3. The van der Waals surface area contributed by atoms with Crippen molar-refractivity contribution in [2.24, 2.45) is 0 Å². The molecule has 7 nitrogen and oxygen atoms in total. The van der Waals surface area contributed by atoms with Crippen molar-refractivity contribution in [2.45, 2.75) is 46.1 Å². The van der Waals surface area contributed by atoms with Crippen LogP contribution in [0.15, 0.2) is 46.9 Å². The molecule has 0 bridgehead atoms. The average molecular weight is 476 g/mol. The van der Waals surface area contributed by atoms with Crippen LogP contribution in [0.1, 0.15) is 60.7 Å². The first-order chi connectivity index (χ1) is 14.3. The lowest BCUT2D eigenvalue weighted by Gasteiger charge is -2.13. The number of ether oxygens (including phenoxy) is 1. The molecular weight excluding hydrogens is 450 g/mol. The lowest BCUT2D eigenvalue weighted by atomic mass is 10.2. The summed E-state index contributed by atoms with van der Waals surface area (Å²) in [5.41, 5.74) is 6.09. The number of halogens is 1. The van der Waals surface area contributed by atoms with Crippen molar-refractivity contribution >= 4 is 39.3 Å². The van der Waals surface area contributed by atoms with E-state index in [0.717, 1.165) is 12.8 Å². The van der Waals surface area contributed by atoms with E-state index in [1.54, 1.807) is 42.5 Å². The second-order valence-corrected chi connectivity index (χ2v) is 7.80. The van der Waals surface area contributed by atoms with E-state index in [2.05, 4.69) is 32.1 Å². The predicted molar refractivity (Wildman–Crippen MR) is 119 cm³/mol. The number of hydrogen-bond acceptors (Lipinski definition) is 4. The zero-order valence-corrected chi connectivity index (χ0v) is 18.8. The van der Waals surface area contributed by atoms with Gasteiger partial charge in [-0.15, -0.1) is 0 Å². The minimum absolute atomic E-state index is 0.0105. The van der Waals surface area contributed by atoms with Gasteiger partial charge in [-0.2, -0.15) is 0 Å². The molecule has 2 aromatic rings. The molecule has 0 saturated heterocycles. The van der Waals surface area contributed by atoms with E-state index >= 15 is 0 Å². The molecule has 3 amide bonds. The molecule has 30 heavy (non-hydrogen) atoms. The maximum atomic E-state index is 12.3. The number of carbonyl (C=O) groups excluding carboxylic acids is 3. The van der Waals surface area contributed by atoms with Gasteiger partial charge in [-0.25, -0.2) is 0 Å². The summed E-state index contributed by atoms with van der Waals surface area (Å²) < 4.78 is 6.26. The van der Waals surface area contributed by atoms with Gasteiger partial charge in [-0.3, -0.25) is 25.2 Å². The Morgan fingerprint density at radius 3 is 2.13 bits per heavy atom. The highest BCUT2D eigenvalue weighted by Gasteiger charge is 2.12. The molecule has 0 spiro atoms. The number of nitrogens with one attached hydrogen (secondary N) is 3.